The molecule has 0 saturated heterocycles. The fourth-order valence-electron chi connectivity index (χ4n) is 2.53. The van der Waals surface area contributed by atoms with Gasteiger partial charge in [0.25, 0.3) is 5.91 Å². The molecule has 0 aliphatic carbocycles. The van der Waals surface area contributed by atoms with E-state index < -0.39 is 5.97 Å². The SMILES string of the molecule is CCOC(=O)c1[nH]c(C)c(C(=O)Nc2ccc(N(C)C)cc2)c1C. The molecule has 2 aromatic rings. The molecule has 1 aromatic carbocycles. The number of hydrogen-bond donors (Lipinski definition) is 2. The Morgan fingerprint density at radius 2 is 1.79 bits per heavy atom. The molecule has 6 nitrogen and oxygen atoms in total. The first-order valence-electron chi connectivity index (χ1n) is 7.80. The highest BCUT2D eigenvalue weighted by Crippen LogP contribution is 2.21. The molecule has 0 radical (unpaired) electrons. The zero-order valence-electron chi connectivity index (χ0n) is 14.7. The monoisotopic (exact) mass is 329 g/mol. The first kappa shape index (κ1) is 17.6. The van der Waals surface area contributed by atoms with E-state index in [0.717, 1.165) is 5.69 Å². The minimum atomic E-state index is -0.451. The van der Waals surface area contributed by atoms with Gasteiger partial charge in [-0.2, -0.15) is 0 Å². The average molecular weight is 329 g/mol. The Bertz CT molecular complexity index is 746. The summed E-state index contributed by atoms with van der Waals surface area (Å²) in [6.07, 6.45) is 0. The minimum Gasteiger partial charge on any atom is -0.461 e. The highest BCUT2D eigenvalue weighted by molar-refractivity contribution is 6.08. The summed E-state index contributed by atoms with van der Waals surface area (Å²) in [6.45, 7) is 5.53. The van der Waals surface area contributed by atoms with Crippen molar-refractivity contribution in [2.24, 2.45) is 0 Å². The van der Waals surface area contributed by atoms with Crippen molar-refractivity contribution >= 4 is 23.3 Å². The molecule has 6 heteroatoms. The number of anilines is 2. The van der Waals surface area contributed by atoms with Crippen molar-refractivity contribution in [3.8, 4) is 0 Å². The molecule has 24 heavy (non-hydrogen) atoms. The van der Waals surface area contributed by atoms with E-state index in [-0.39, 0.29) is 12.5 Å². The number of esters is 1. The van der Waals surface area contributed by atoms with Gasteiger partial charge in [0, 0.05) is 31.2 Å². The molecule has 2 N–H and O–H groups in total. The molecule has 0 saturated carbocycles. The van der Waals surface area contributed by atoms with E-state index in [1.807, 2.05) is 43.3 Å². The number of carbonyl (C=O) groups is 2. The van der Waals surface area contributed by atoms with Gasteiger partial charge in [0.05, 0.1) is 12.2 Å². The maximum absolute atomic E-state index is 12.6. The van der Waals surface area contributed by atoms with Crippen molar-refractivity contribution in [1.29, 1.82) is 0 Å². The largest absolute Gasteiger partial charge is 0.461 e. The third kappa shape index (κ3) is 3.59. The van der Waals surface area contributed by atoms with Gasteiger partial charge >= 0.3 is 5.97 Å². The molecule has 0 atom stereocenters. The number of carbonyl (C=O) groups excluding carboxylic acids is 2. The fraction of sp³-hybridized carbons (Fsp3) is 0.333. The summed E-state index contributed by atoms with van der Waals surface area (Å²) in [7, 11) is 3.91. The molecule has 0 aliphatic rings. The number of H-pyrrole nitrogens is 1. The van der Waals surface area contributed by atoms with E-state index in [9.17, 15) is 9.59 Å². The van der Waals surface area contributed by atoms with Crippen molar-refractivity contribution in [2.45, 2.75) is 20.8 Å². The molecule has 1 heterocycles. The lowest BCUT2D eigenvalue weighted by molar-refractivity contribution is 0.0519. The Labute approximate surface area is 141 Å². The van der Waals surface area contributed by atoms with Crippen molar-refractivity contribution in [1.82, 2.24) is 4.98 Å². The van der Waals surface area contributed by atoms with Gasteiger partial charge in [0.1, 0.15) is 5.69 Å². The van der Waals surface area contributed by atoms with Crippen molar-refractivity contribution < 1.29 is 14.3 Å². The lowest BCUT2D eigenvalue weighted by Crippen LogP contribution is -2.14. The van der Waals surface area contributed by atoms with Crippen LogP contribution in [0.5, 0.6) is 0 Å². The van der Waals surface area contributed by atoms with Crippen LogP contribution in [-0.4, -0.2) is 37.6 Å². The van der Waals surface area contributed by atoms with Gasteiger partial charge in [-0.25, -0.2) is 4.79 Å². The molecule has 0 aliphatic heterocycles. The molecule has 1 amide bonds. The Hall–Kier alpha value is -2.76. The molecule has 0 fully saturated rings. The van der Waals surface area contributed by atoms with Crippen LogP contribution in [0.4, 0.5) is 11.4 Å². The van der Waals surface area contributed by atoms with Gasteiger partial charge in [-0.05, 0) is 50.6 Å². The second kappa shape index (κ2) is 7.21. The molecule has 0 unspecified atom stereocenters. The van der Waals surface area contributed by atoms with Crippen molar-refractivity contribution in [3.63, 3.8) is 0 Å². The number of amides is 1. The topological polar surface area (TPSA) is 74.4 Å². The standard InChI is InChI=1S/C18H23N3O3/c1-6-24-18(23)16-11(2)15(12(3)19-16)17(22)20-13-7-9-14(10-8-13)21(4)5/h7-10,19H,6H2,1-5H3,(H,20,22). The number of nitrogens with zero attached hydrogens (tertiary/aromatic N) is 1. The van der Waals surface area contributed by atoms with Gasteiger partial charge < -0.3 is 19.9 Å². The number of benzene rings is 1. The average Bonchev–Trinajstić information content (AvgIpc) is 2.83. The van der Waals surface area contributed by atoms with Gasteiger partial charge in [-0.1, -0.05) is 0 Å². The second-order valence-corrected chi connectivity index (χ2v) is 5.74. The fourth-order valence-corrected chi connectivity index (χ4v) is 2.53. The molecule has 128 valence electrons. The van der Waals surface area contributed by atoms with Crippen molar-refractivity contribution in [3.05, 3.63) is 46.8 Å². The molecular formula is C18H23N3O3. The molecule has 0 bridgehead atoms. The molecule has 1 aromatic heterocycles. The number of aromatic amines is 1. The van der Waals surface area contributed by atoms with Crippen LogP contribution in [0.15, 0.2) is 24.3 Å². The first-order chi connectivity index (χ1) is 11.3. The quantitative estimate of drug-likeness (QED) is 0.827. The second-order valence-electron chi connectivity index (χ2n) is 5.74. The summed E-state index contributed by atoms with van der Waals surface area (Å²) < 4.78 is 5.00. The lowest BCUT2D eigenvalue weighted by atomic mass is 10.1. The van der Waals surface area contributed by atoms with E-state index in [4.69, 9.17) is 4.74 Å². The van der Waals surface area contributed by atoms with Gasteiger partial charge in [-0.15, -0.1) is 0 Å². The summed E-state index contributed by atoms with van der Waals surface area (Å²) >= 11 is 0. The third-order valence-electron chi connectivity index (χ3n) is 3.79. The van der Waals surface area contributed by atoms with Gasteiger partial charge in [0.2, 0.25) is 0 Å². The van der Waals surface area contributed by atoms with Gasteiger partial charge in [-0.3, -0.25) is 4.79 Å². The number of nitrogens with one attached hydrogen (secondary N) is 2. The maximum Gasteiger partial charge on any atom is 0.355 e. The molecular weight excluding hydrogens is 306 g/mol. The van der Waals surface area contributed by atoms with Crippen LogP contribution < -0.4 is 10.2 Å². The Morgan fingerprint density at radius 1 is 1.17 bits per heavy atom. The number of hydrogen-bond acceptors (Lipinski definition) is 4. The zero-order valence-corrected chi connectivity index (χ0v) is 14.7. The number of ether oxygens (including phenoxy) is 1. The van der Waals surface area contributed by atoms with Crippen LogP contribution in [0.2, 0.25) is 0 Å². The first-order valence-corrected chi connectivity index (χ1v) is 7.80. The molecule has 0 spiro atoms. The highest BCUT2D eigenvalue weighted by Gasteiger charge is 2.22. The lowest BCUT2D eigenvalue weighted by Gasteiger charge is -2.13. The summed E-state index contributed by atoms with van der Waals surface area (Å²) in [5, 5.41) is 2.86. The van der Waals surface area contributed by atoms with Crippen LogP contribution >= 0.6 is 0 Å². The maximum atomic E-state index is 12.6. The van der Waals surface area contributed by atoms with Crippen LogP contribution in [0.1, 0.15) is 39.0 Å². The highest BCUT2D eigenvalue weighted by atomic mass is 16.5. The van der Waals surface area contributed by atoms with Crippen LogP contribution in [0.3, 0.4) is 0 Å². The van der Waals surface area contributed by atoms with Crippen LogP contribution in [0.25, 0.3) is 0 Å². The Morgan fingerprint density at radius 3 is 2.33 bits per heavy atom. The van der Waals surface area contributed by atoms with E-state index in [0.29, 0.717) is 28.2 Å². The van der Waals surface area contributed by atoms with Gasteiger partial charge in [0.15, 0.2) is 0 Å². The van der Waals surface area contributed by atoms with Crippen LogP contribution in [-0.2, 0) is 4.74 Å². The normalized spacial score (nSPS) is 10.4. The smallest absolute Gasteiger partial charge is 0.355 e. The summed E-state index contributed by atoms with van der Waals surface area (Å²) in [4.78, 5) is 29.4. The summed E-state index contributed by atoms with van der Waals surface area (Å²) in [5.41, 5.74) is 3.76. The van der Waals surface area contributed by atoms with Crippen LogP contribution in [0, 0.1) is 13.8 Å². The minimum absolute atomic E-state index is 0.255. The molecule has 2 rings (SSSR count). The summed E-state index contributed by atoms with van der Waals surface area (Å²) in [5.74, 6) is -0.707. The zero-order chi connectivity index (χ0) is 17.9. The predicted molar refractivity (Wildman–Crippen MR) is 94.9 cm³/mol. The number of aromatic nitrogens is 1. The Kier molecular flexibility index (Phi) is 5.28. The van der Waals surface area contributed by atoms with E-state index >= 15 is 0 Å². The van der Waals surface area contributed by atoms with E-state index in [1.54, 1.807) is 20.8 Å². The van der Waals surface area contributed by atoms with Crippen molar-refractivity contribution in [2.75, 3.05) is 30.9 Å². The van der Waals surface area contributed by atoms with E-state index in [1.165, 1.54) is 0 Å². The number of rotatable bonds is 5. The predicted octanol–water partition coefficient (Wildman–Crippen LogP) is 3.13. The van der Waals surface area contributed by atoms with E-state index in [2.05, 4.69) is 10.3 Å². The third-order valence-corrected chi connectivity index (χ3v) is 3.79. The number of aryl methyl sites for hydroxylation is 1. The summed E-state index contributed by atoms with van der Waals surface area (Å²) in [6, 6.07) is 7.54. The Balaban J connectivity index is 2.22.